The van der Waals surface area contributed by atoms with Gasteiger partial charge in [-0.05, 0) is 53.8 Å². The minimum absolute atomic E-state index is 0.00466. The zero-order chi connectivity index (χ0) is 25.8. The lowest BCUT2D eigenvalue weighted by Gasteiger charge is -2.33. The molecule has 0 saturated heterocycles. The summed E-state index contributed by atoms with van der Waals surface area (Å²) in [6.07, 6.45) is 1.57. The van der Waals surface area contributed by atoms with Gasteiger partial charge in [-0.25, -0.2) is 13.6 Å². The maximum absolute atomic E-state index is 14.5. The van der Waals surface area contributed by atoms with Gasteiger partial charge in [0.25, 0.3) is 0 Å². The van der Waals surface area contributed by atoms with Crippen molar-refractivity contribution in [2.24, 2.45) is 0 Å². The maximum Gasteiger partial charge on any atom is 0.335 e. The fraction of sp³-hybridized carbons (Fsp3) is 0.179. The van der Waals surface area contributed by atoms with Crippen LogP contribution in [0.4, 0.5) is 8.78 Å². The quantitative estimate of drug-likeness (QED) is 0.415. The van der Waals surface area contributed by atoms with Crippen molar-refractivity contribution in [1.29, 1.82) is 0 Å². The van der Waals surface area contributed by atoms with Crippen molar-refractivity contribution in [2.45, 2.75) is 25.3 Å². The smallest absolute Gasteiger partial charge is 0.335 e. The van der Waals surface area contributed by atoms with Gasteiger partial charge in [-0.3, -0.25) is 9.59 Å². The SMILES string of the molecule is O=C(O)c1ccc(CC(=O)C(Cc2ccccc2)N2CCC(c3c(F)ccc(Cl)c3F)=CC2=O)cc1. The van der Waals surface area contributed by atoms with E-state index in [0.29, 0.717) is 5.56 Å². The number of carboxylic acids is 1. The Morgan fingerprint density at radius 1 is 0.972 bits per heavy atom. The van der Waals surface area contributed by atoms with Crippen LogP contribution in [0.1, 0.15) is 33.5 Å². The molecule has 8 heteroatoms. The highest BCUT2D eigenvalue weighted by Gasteiger charge is 2.32. The molecule has 0 bridgehead atoms. The average Bonchev–Trinajstić information content (AvgIpc) is 2.86. The molecule has 4 rings (SSSR count). The molecule has 1 heterocycles. The van der Waals surface area contributed by atoms with Crippen LogP contribution in [0.2, 0.25) is 5.02 Å². The molecule has 36 heavy (non-hydrogen) atoms. The van der Waals surface area contributed by atoms with Crippen LogP contribution in [0.15, 0.2) is 72.8 Å². The van der Waals surface area contributed by atoms with Crippen LogP contribution in [0, 0.1) is 11.6 Å². The Bertz CT molecular complexity index is 1340. The number of nitrogens with zero attached hydrogens (tertiary/aromatic N) is 1. The summed E-state index contributed by atoms with van der Waals surface area (Å²) in [5.74, 6) is -3.56. The number of Topliss-reactive ketones (excluding diaryl/α,β-unsaturated/α-hetero) is 1. The highest BCUT2D eigenvalue weighted by molar-refractivity contribution is 6.31. The lowest BCUT2D eigenvalue weighted by atomic mass is 9.92. The van der Waals surface area contributed by atoms with Crippen LogP contribution < -0.4 is 0 Å². The number of carbonyl (C=O) groups is 3. The van der Waals surface area contributed by atoms with E-state index in [1.807, 2.05) is 30.3 Å². The predicted octanol–water partition coefficient (Wildman–Crippen LogP) is 5.36. The number of ketones is 1. The monoisotopic (exact) mass is 509 g/mol. The Balaban J connectivity index is 1.61. The molecule has 1 aliphatic rings. The third-order valence-electron chi connectivity index (χ3n) is 6.17. The molecule has 5 nitrogen and oxygen atoms in total. The lowest BCUT2D eigenvalue weighted by molar-refractivity contribution is -0.136. The highest BCUT2D eigenvalue weighted by Crippen LogP contribution is 2.32. The molecular formula is C28H22ClF2NO4. The molecule has 0 aliphatic carbocycles. The van der Waals surface area contributed by atoms with Crippen LogP contribution in [0.3, 0.4) is 0 Å². The largest absolute Gasteiger partial charge is 0.478 e. The number of hydrogen-bond acceptors (Lipinski definition) is 3. The molecule has 1 atom stereocenters. The van der Waals surface area contributed by atoms with Gasteiger partial charge in [0.05, 0.1) is 22.2 Å². The van der Waals surface area contributed by atoms with Gasteiger partial charge in [-0.2, -0.15) is 0 Å². The molecule has 0 spiro atoms. The molecule has 1 amide bonds. The van der Waals surface area contributed by atoms with Crippen molar-refractivity contribution in [3.63, 3.8) is 0 Å². The van der Waals surface area contributed by atoms with Gasteiger partial charge in [0.2, 0.25) is 5.91 Å². The molecule has 1 aliphatic heterocycles. The van der Waals surface area contributed by atoms with Crippen molar-refractivity contribution in [2.75, 3.05) is 6.54 Å². The fourth-order valence-electron chi connectivity index (χ4n) is 4.30. The number of aromatic carboxylic acids is 1. The predicted molar refractivity (Wildman–Crippen MR) is 132 cm³/mol. The van der Waals surface area contributed by atoms with E-state index in [9.17, 15) is 23.2 Å². The number of carbonyl (C=O) groups excluding carboxylic acids is 2. The normalized spacial score (nSPS) is 14.4. The van der Waals surface area contributed by atoms with Crippen molar-refractivity contribution in [3.8, 4) is 0 Å². The minimum atomic E-state index is -1.07. The lowest BCUT2D eigenvalue weighted by Crippen LogP contribution is -2.48. The zero-order valence-electron chi connectivity index (χ0n) is 19.1. The summed E-state index contributed by atoms with van der Waals surface area (Å²) in [4.78, 5) is 39.1. The van der Waals surface area contributed by atoms with E-state index in [4.69, 9.17) is 16.7 Å². The third-order valence-corrected chi connectivity index (χ3v) is 6.46. The molecule has 0 radical (unpaired) electrons. The second kappa shape index (κ2) is 10.8. The molecule has 3 aromatic carbocycles. The van der Waals surface area contributed by atoms with Crippen molar-refractivity contribution < 1.29 is 28.3 Å². The Labute approximate surface area is 211 Å². The molecule has 0 fully saturated rings. The summed E-state index contributed by atoms with van der Waals surface area (Å²) in [6, 6.07) is 16.6. The highest BCUT2D eigenvalue weighted by atomic mass is 35.5. The van der Waals surface area contributed by atoms with Gasteiger partial charge >= 0.3 is 5.97 Å². The van der Waals surface area contributed by atoms with Gasteiger partial charge in [0, 0.05) is 19.0 Å². The Morgan fingerprint density at radius 2 is 1.67 bits per heavy atom. The number of carboxylic acid groups (broad SMARTS) is 1. The van der Waals surface area contributed by atoms with E-state index in [2.05, 4.69) is 0 Å². The maximum atomic E-state index is 14.5. The number of halogens is 3. The molecule has 3 aromatic rings. The Morgan fingerprint density at radius 3 is 2.31 bits per heavy atom. The van der Waals surface area contributed by atoms with Gasteiger partial charge in [0.15, 0.2) is 11.6 Å². The van der Waals surface area contributed by atoms with Crippen molar-refractivity contribution in [3.05, 3.63) is 112 Å². The zero-order valence-corrected chi connectivity index (χ0v) is 19.8. The van der Waals surface area contributed by atoms with Crippen LogP contribution in [-0.2, 0) is 22.4 Å². The average molecular weight is 510 g/mol. The van der Waals surface area contributed by atoms with Gasteiger partial charge in [0.1, 0.15) is 5.82 Å². The first-order valence-electron chi connectivity index (χ1n) is 11.3. The molecule has 1 unspecified atom stereocenters. The summed E-state index contributed by atoms with van der Waals surface area (Å²) < 4.78 is 28.9. The molecule has 0 aromatic heterocycles. The standard InChI is InChI=1S/C28H22ClF2NO4/c29-21-10-11-22(30)26(27(21)31)20-12-13-32(25(34)16-20)23(14-17-4-2-1-3-5-17)24(33)15-18-6-8-19(9-7-18)28(35)36/h1-11,16,23H,12-15H2,(H,35,36). The fourth-order valence-corrected chi connectivity index (χ4v) is 4.46. The van der Waals surface area contributed by atoms with E-state index in [1.54, 1.807) is 12.1 Å². The summed E-state index contributed by atoms with van der Waals surface area (Å²) in [6.45, 7) is 0.0945. The van der Waals surface area contributed by atoms with Crippen LogP contribution >= 0.6 is 11.6 Å². The van der Waals surface area contributed by atoms with E-state index < -0.39 is 29.6 Å². The molecular weight excluding hydrogens is 488 g/mol. The number of benzene rings is 3. The van der Waals surface area contributed by atoms with Crippen molar-refractivity contribution >= 4 is 34.8 Å². The first-order valence-corrected chi connectivity index (χ1v) is 11.7. The molecule has 1 N–H and O–H groups in total. The number of rotatable bonds is 8. The Hall–Kier alpha value is -3.84. The molecule has 184 valence electrons. The number of amides is 1. The second-order valence-electron chi connectivity index (χ2n) is 8.52. The van der Waals surface area contributed by atoms with E-state index in [1.165, 1.54) is 17.0 Å². The first kappa shape index (κ1) is 25.3. The van der Waals surface area contributed by atoms with Crippen LogP contribution in [0.25, 0.3) is 5.57 Å². The summed E-state index contributed by atoms with van der Waals surface area (Å²) in [5.41, 5.74) is 1.43. The van der Waals surface area contributed by atoms with Gasteiger partial charge < -0.3 is 10.0 Å². The summed E-state index contributed by atoms with van der Waals surface area (Å²) >= 11 is 5.81. The summed E-state index contributed by atoms with van der Waals surface area (Å²) in [5, 5.41) is 8.85. The summed E-state index contributed by atoms with van der Waals surface area (Å²) in [7, 11) is 0. The second-order valence-corrected chi connectivity index (χ2v) is 8.93. The first-order chi connectivity index (χ1) is 17.2. The van der Waals surface area contributed by atoms with Crippen LogP contribution in [0.5, 0.6) is 0 Å². The Kier molecular flexibility index (Phi) is 7.60. The van der Waals surface area contributed by atoms with E-state index in [0.717, 1.165) is 23.8 Å². The third kappa shape index (κ3) is 5.52. The van der Waals surface area contributed by atoms with Gasteiger partial charge in [-0.15, -0.1) is 0 Å². The topological polar surface area (TPSA) is 74.7 Å². The van der Waals surface area contributed by atoms with E-state index in [-0.39, 0.29) is 53.3 Å². The van der Waals surface area contributed by atoms with E-state index >= 15 is 0 Å². The van der Waals surface area contributed by atoms with Crippen molar-refractivity contribution in [1.82, 2.24) is 4.90 Å². The number of hydrogen-bond donors (Lipinski definition) is 1. The minimum Gasteiger partial charge on any atom is -0.478 e. The van der Waals surface area contributed by atoms with Crippen LogP contribution in [-0.4, -0.2) is 40.3 Å². The molecule has 0 saturated carbocycles. The van der Waals surface area contributed by atoms with Gasteiger partial charge in [-0.1, -0.05) is 54.1 Å².